The Kier molecular flexibility index (Phi) is 12.3. The van der Waals surface area contributed by atoms with Crippen LogP contribution in [-0.4, -0.2) is 57.2 Å². The summed E-state index contributed by atoms with van der Waals surface area (Å²) in [6, 6.07) is 33.1. The molecule has 8 aromatic rings. The van der Waals surface area contributed by atoms with Crippen LogP contribution in [0, 0.1) is 22.7 Å². The summed E-state index contributed by atoms with van der Waals surface area (Å²) >= 11 is 6.14. The minimum Gasteiger partial charge on any atom is -0.493 e. The summed E-state index contributed by atoms with van der Waals surface area (Å²) in [5.74, 6) is 3.22. The summed E-state index contributed by atoms with van der Waals surface area (Å²) in [5.41, 5.74) is 12.9. The predicted octanol–water partition coefficient (Wildman–Crippen LogP) is 8.24. The molecular weight excluding hydrogens is 744 g/mol. The van der Waals surface area contributed by atoms with Gasteiger partial charge in [-0.25, -0.2) is 19.9 Å². The van der Waals surface area contributed by atoms with E-state index in [1.807, 2.05) is 77.3 Å². The maximum absolute atomic E-state index is 8.96. The molecule has 14 nitrogen and oxygen atoms in total. The van der Waals surface area contributed by atoms with E-state index in [1.165, 1.54) is 0 Å². The van der Waals surface area contributed by atoms with E-state index in [9.17, 15) is 0 Å². The number of nitrogens with zero attached hydrogens (tertiary/aromatic N) is 8. The maximum Gasteiger partial charge on any atom is 0.213 e. The van der Waals surface area contributed by atoms with Gasteiger partial charge in [0.2, 0.25) is 11.2 Å². The second-order valence-electron chi connectivity index (χ2n) is 11.9. The average Bonchev–Trinajstić information content (AvgIpc) is 3.95. The lowest BCUT2D eigenvalue weighted by atomic mass is 10.1. The number of benzene rings is 4. The lowest BCUT2D eigenvalue weighted by Crippen LogP contribution is -2.02. The summed E-state index contributed by atoms with van der Waals surface area (Å²) < 4.78 is 24.8. The third-order valence-corrected chi connectivity index (χ3v) is 8.67. The lowest BCUT2D eigenvalue weighted by molar-refractivity contribution is 0.355. The van der Waals surface area contributed by atoms with E-state index >= 15 is 0 Å². The molecule has 0 saturated heterocycles. The molecule has 0 aliphatic heterocycles. The largest absolute Gasteiger partial charge is 0.493 e. The number of aromatic nitrogens is 6. The molecule has 0 spiro atoms. The van der Waals surface area contributed by atoms with Gasteiger partial charge < -0.3 is 30.0 Å². The van der Waals surface area contributed by atoms with E-state index in [2.05, 4.69) is 26.3 Å². The Morgan fingerprint density at radius 3 is 1.58 bits per heavy atom. The number of methoxy groups -OCH3 is 4. The molecule has 0 fully saturated rings. The van der Waals surface area contributed by atoms with Crippen LogP contribution in [0.15, 0.2) is 122 Å². The maximum atomic E-state index is 8.96. The highest BCUT2D eigenvalue weighted by Crippen LogP contribution is 2.34. The van der Waals surface area contributed by atoms with Gasteiger partial charge in [-0.15, -0.1) is 0 Å². The fourth-order valence-electron chi connectivity index (χ4n) is 5.50. The summed E-state index contributed by atoms with van der Waals surface area (Å²) in [7, 11) is 6.40. The number of ether oxygens (including phenoxy) is 4. The molecule has 0 unspecified atom stereocenters. The van der Waals surface area contributed by atoms with Gasteiger partial charge in [0.25, 0.3) is 0 Å². The fourth-order valence-corrected chi connectivity index (χ4v) is 5.73. The van der Waals surface area contributed by atoms with E-state index in [0.29, 0.717) is 51.0 Å². The molecular formula is C42H35ClN10O4. The molecule has 0 atom stereocenters. The molecule has 8 rings (SSSR count). The quantitative estimate of drug-likeness (QED) is 0.111. The van der Waals surface area contributed by atoms with Crippen LogP contribution in [0.1, 0.15) is 11.1 Å². The van der Waals surface area contributed by atoms with Crippen molar-refractivity contribution in [1.29, 1.82) is 10.5 Å². The number of anilines is 3. The Labute approximate surface area is 332 Å². The Morgan fingerprint density at radius 2 is 1.07 bits per heavy atom. The average molecular weight is 779 g/mol. The summed E-state index contributed by atoms with van der Waals surface area (Å²) in [4.78, 5) is 17.7. The molecule has 3 N–H and O–H groups in total. The number of nitrogens with two attached hydrogens (primary N) is 1. The minimum atomic E-state index is 0.366. The van der Waals surface area contributed by atoms with Gasteiger partial charge in [0.1, 0.15) is 11.3 Å². The molecule has 0 bridgehead atoms. The van der Waals surface area contributed by atoms with Crippen LogP contribution >= 0.6 is 11.6 Å². The highest BCUT2D eigenvalue weighted by atomic mass is 35.5. The van der Waals surface area contributed by atoms with Gasteiger partial charge >= 0.3 is 0 Å². The number of nitriles is 2. The SMILES string of the molecule is COc1ccc(-c2cc3nccn3c(Cl)n2)cc1OC.COc1ccc(-c2cc3nccn3c(Nc3ccc(C#N)cc3)n2)cc1OC.N#Cc1ccc(N)cc1. The number of nitrogens with one attached hydrogen (secondary N) is 1. The number of fused-ring (bicyclic) bond motifs is 2. The zero-order chi connectivity index (χ0) is 40.3. The Morgan fingerprint density at radius 1 is 0.596 bits per heavy atom. The molecule has 4 aromatic carbocycles. The smallest absolute Gasteiger partial charge is 0.213 e. The number of halogens is 1. The highest BCUT2D eigenvalue weighted by Gasteiger charge is 2.13. The van der Waals surface area contributed by atoms with Crippen LogP contribution in [0.5, 0.6) is 23.0 Å². The van der Waals surface area contributed by atoms with Crippen LogP contribution in [-0.2, 0) is 0 Å². The van der Waals surface area contributed by atoms with Crippen molar-refractivity contribution in [3.05, 3.63) is 138 Å². The fraction of sp³-hybridized carbons (Fsp3) is 0.0952. The minimum absolute atomic E-state index is 0.366. The molecule has 0 saturated carbocycles. The molecule has 284 valence electrons. The van der Waals surface area contributed by atoms with E-state index in [1.54, 1.807) is 87.8 Å². The standard InChI is InChI=1S/C21H17N5O2.C14H12ClN3O2.C7H6N2/c1-27-18-8-5-15(11-19(18)28-2)17-12-20-23-9-10-26(20)21(25-17)24-16-6-3-14(13-22)4-7-16;1-19-11-4-3-9(7-12(11)20-2)10-8-13-16-5-6-18(13)14(15)17-10;8-5-6-1-3-7(9)4-2-6/h3-12H,1-2H3,(H,24,25);3-8H,1-2H3;1-4H,9H2. The zero-order valence-electron chi connectivity index (χ0n) is 31.2. The van der Waals surface area contributed by atoms with Gasteiger partial charge in [-0.1, -0.05) is 0 Å². The van der Waals surface area contributed by atoms with Crippen LogP contribution in [0.3, 0.4) is 0 Å². The molecule has 0 aliphatic carbocycles. The van der Waals surface area contributed by atoms with Gasteiger partial charge in [-0.2, -0.15) is 10.5 Å². The van der Waals surface area contributed by atoms with Crippen LogP contribution in [0.25, 0.3) is 33.8 Å². The van der Waals surface area contributed by atoms with E-state index in [-0.39, 0.29) is 0 Å². The van der Waals surface area contributed by atoms with E-state index in [4.69, 9.17) is 51.8 Å². The van der Waals surface area contributed by atoms with Crippen molar-refractivity contribution in [2.45, 2.75) is 0 Å². The molecule has 0 amide bonds. The number of imidazole rings is 2. The molecule has 4 aromatic heterocycles. The molecule has 4 heterocycles. The number of rotatable bonds is 8. The van der Waals surface area contributed by atoms with E-state index < -0.39 is 0 Å². The summed E-state index contributed by atoms with van der Waals surface area (Å²) in [6.07, 6.45) is 7.01. The first kappa shape index (κ1) is 38.9. The molecule has 0 radical (unpaired) electrons. The Balaban J connectivity index is 0.000000164. The summed E-state index contributed by atoms with van der Waals surface area (Å²) in [5, 5.41) is 21.0. The van der Waals surface area contributed by atoms with Gasteiger partial charge in [0.15, 0.2) is 23.0 Å². The van der Waals surface area contributed by atoms with Crippen molar-refractivity contribution >= 4 is 40.2 Å². The second-order valence-corrected chi connectivity index (χ2v) is 12.2. The van der Waals surface area contributed by atoms with Gasteiger partial charge in [-0.3, -0.25) is 8.80 Å². The number of hydrogen-bond donors (Lipinski definition) is 2. The van der Waals surface area contributed by atoms with Crippen molar-refractivity contribution in [3.8, 4) is 57.7 Å². The van der Waals surface area contributed by atoms with Gasteiger partial charge in [-0.05, 0) is 96.5 Å². The van der Waals surface area contributed by atoms with Crippen LogP contribution in [0.4, 0.5) is 17.3 Å². The van der Waals surface area contributed by atoms with E-state index in [0.717, 1.165) is 39.5 Å². The highest BCUT2D eigenvalue weighted by molar-refractivity contribution is 6.28. The van der Waals surface area contributed by atoms with Crippen LogP contribution in [0.2, 0.25) is 5.28 Å². The predicted molar refractivity (Wildman–Crippen MR) is 218 cm³/mol. The first-order valence-corrected chi connectivity index (χ1v) is 17.5. The third-order valence-electron chi connectivity index (χ3n) is 8.40. The second kappa shape index (κ2) is 18.0. The number of hydrogen-bond acceptors (Lipinski definition) is 12. The van der Waals surface area contributed by atoms with Crippen molar-refractivity contribution in [1.82, 2.24) is 28.7 Å². The van der Waals surface area contributed by atoms with Crippen molar-refractivity contribution < 1.29 is 18.9 Å². The molecule has 0 aliphatic rings. The first-order valence-electron chi connectivity index (χ1n) is 17.1. The topological polar surface area (TPSA) is 183 Å². The van der Waals surface area contributed by atoms with Gasteiger partial charge in [0, 0.05) is 59.4 Å². The monoisotopic (exact) mass is 778 g/mol. The molecule has 15 heteroatoms. The van der Waals surface area contributed by atoms with Crippen molar-refractivity contribution in [2.75, 3.05) is 39.5 Å². The first-order chi connectivity index (χ1) is 27.8. The lowest BCUT2D eigenvalue weighted by Gasteiger charge is -2.12. The summed E-state index contributed by atoms with van der Waals surface area (Å²) in [6.45, 7) is 0. The third kappa shape index (κ3) is 9.12. The number of nitrogen functional groups attached to an aromatic ring is 1. The van der Waals surface area contributed by atoms with Gasteiger partial charge in [0.05, 0.1) is 63.1 Å². The van der Waals surface area contributed by atoms with Crippen LogP contribution < -0.4 is 30.0 Å². The van der Waals surface area contributed by atoms with Crippen molar-refractivity contribution in [3.63, 3.8) is 0 Å². The van der Waals surface area contributed by atoms with Crippen molar-refractivity contribution in [2.24, 2.45) is 0 Å². The Hall–Kier alpha value is -7.81. The normalized spacial score (nSPS) is 10.2. The molecule has 57 heavy (non-hydrogen) atoms. The zero-order valence-corrected chi connectivity index (χ0v) is 32.0. The Bertz CT molecular complexity index is 2720.